The van der Waals surface area contributed by atoms with Gasteiger partial charge in [0.1, 0.15) is 0 Å². The van der Waals surface area contributed by atoms with Gasteiger partial charge < -0.3 is 15.2 Å². The molecule has 3 saturated heterocycles. The normalized spacial score (nSPS) is 39.1. The first kappa shape index (κ1) is 14.0. The van der Waals surface area contributed by atoms with Gasteiger partial charge in [-0.05, 0) is 31.2 Å². The molecule has 0 spiro atoms. The molecule has 2 N–H and O–H groups in total. The summed E-state index contributed by atoms with van der Waals surface area (Å²) in [7, 11) is 0. The zero-order valence-electron chi connectivity index (χ0n) is 12.7. The minimum atomic E-state index is -0.506. The van der Waals surface area contributed by atoms with Crippen LogP contribution in [0, 0.1) is 5.92 Å². The second-order valence-electron chi connectivity index (χ2n) is 6.54. The number of aliphatic hydroxyl groups is 1. The van der Waals surface area contributed by atoms with Crippen molar-refractivity contribution in [2.75, 3.05) is 6.61 Å². The maximum atomic E-state index is 12.2. The van der Waals surface area contributed by atoms with Crippen LogP contribution in [0.3, 0.4) is 0 Å². The van der Waals surface area contributed by atoms with Crippen molar-refractivity contribution in [3.05, 3.63) is 35.9 Å². The Bertz CT molecular complexity index is 562. The molecule has 1 amide bonds. The molecular weight excluding hydrogens is 280 g/mol. The van der Waals surface area contributed by atoms with Crippen molar-refractivity contribution < 1.29 is 14.6 Å². The Balaban J connectivity index is 1.60. The van der Waals surface area contributed by atoms with Gasteiger partial charge in [0.25, 0.3) is 0 Å². The van der Waals surface area contributed by atoms with Gasteiger partial charge in [-0.25, -0.2) is 4.79 Å². The highest BCUT2D eigenvalue weighted by Crippen LogP contribution is 2.48. The van der Waals surface area contributed by atoms with Gasteiger partial charge in [-0.15, -0.1) is 0 Å². The molecule has 0 aliphatic carbocycles. The fourth-order valence-corrected chi connectivity index (χ4v) is 4.60. The van der Waals surface area contributed by atoms with Crippen LogP contribution in [0.5, 0.6) is 0 Å². The van der Waals surface area contributed by atoms with Crippen molar-refractivity contribution >= 4 is 6.09 Å². The minimum Gasteiger partial charge on any atom is -0.450 e. The second kappa shape index (κ2) is 5.25. The summed E-state index contributed by atoms with van der Waals surface area (Å²) < 4.78 is 5.18. The molecule has 3 heterocycles. The quantitative estimate of drug-likeness (QED) is 0.872. The lowest BCUT2D eigenvalue weighted by atomic mass is 9.79. The number of rotatable bonds is 2. The zero-order chi connectivity index (χ0) is 15.3. The molecule has 3 aliphatic rings. The molecule has 0 radical (unpaired) electrons. The Labute approximate surface area is 130 Å². The summed E-state index contributed by atoms with van der Waals surface area (Å²) in [6.07, 6.45) is 0.981. The summed E-state index contributed by atoms with van der Waals surface area (Å²) >= 11 is 0. The Morgan fingerprint density at radius 3 is 2.77 bits per heavy atom. The van der Waals surface area contributed by atoms with Crippen molar-refractivity contribution in [3.8, 4) is 0 Å². The van der Waals surface area contributed by atoms with E-state index >= 15 is 0 Å². The van der Waals surface area contributed by atoms with Crippen molar-refractivity contribution in [2.45, 2.75) is 50.0 Å². The monoisotopic (exact) mass is 302 g/mol. The lowest BCUT2D eigenvalue weighted by Gasteiger charge is -2.45. The second-order valence-corrected chi connectivity index (χ2v) is 6.54. The zero-order valence-corrected chi connectivity index (χ0v) is 12.7. The molecule has 4 rings (SSSR count). The molecule has 3 aliphatic heterocycles. The number of hydrogen-bond acceptors (Lipinski definition) is 4. The molecule has 118 valence electrons. The van der Waals surface area contributed by atoms with Gasteiger partial charge in [0, 0.05) is 6.04 Å². The summed E-state index contributed by atoms with van der Waals surface area (Å²) in [6.45, 7) is 2.19. The Morgan fingerprint density at radius 2 is 2.05 bits per heavy atom. The molecule has 22 heavy (non-hydrogen) atoms. The predicted octanol–water partition coefficient (Wildman–Crippen LogP) is 1.68. The number of aliphatic hydroxyl groups excluding tert-OH is 1. The molecular formula is C17H22N2O3. The van der Waals surface area contributed by atoms with E-state index in [1.165, 1.54) is 5.56 Å². The number of nitrogens with one attached hydrogen (secondary N) is 1. The summed E-state index contributed by atoms with van der Waals surface area (Å²) in [5, 5.41) is 14.2. The average Bonchev–Trinajstić information content (AvgIpc) is 2.64. The van der Waals surface area contributed by atoms with Gasteiger partial charge in [-0.2, -0.15) is 0 Å². The summed E-state index contributed by atoms with van der Waals surface area (Å²) in [4.78, 5) is 14.0. The third kappa shape index (κ3) is 1.96. The molecule has 5 heteroatoms. The van der Waals surface area contributed by atoms with Gasteiger partial charge in [-0.1, -0.05) is 30.3 Å². The van der Waals surface area contributed by atoms with E-state index in [1.54, 1.807) is 4.90 Å². The number of fused-ring (bicyclic) bond motifs is 2. The van der Waals surface area contributed by atoms with E-state index in [9.17, 15) is 9.90 Å². The molecule has 1 aromatic carbocycles. The maximum Gasteiger partial charge on any atom is 0.410 e. The molecule has 5 unspecified atom stereocenters. The van der Waals surface area contributed by atoms with Gasteiger partial charge in [0.15, 0.2) is 0 Å². The van der Waals surface area contributed by atoms with E-state index in [0.29, 0.717) is 12.5 Å². The summed E-state index contributed by atoms with van der Waals surface area (Å²) in [6, 6.07) is 10.6. The van der Waals surface area contributed by atoms with Crippen LogP contribution in [0.2, 0.25) is 0 Å². The van der Waals surface area contributed by atoms with Gasteiger partial charge in [0.2, 0.25) is 0 Å². The van der Waals surface area contributed by atoms with Crippen LogP contribution in [0.25, 0.3) is 0 Å². The number of hydrogen-bond donors (Lipinski definition) is 2. The van der Waals surface area contributed by atoms with Gasteiger partial charge in [0.05, 0.1) is 30.8 Å². The first-order valence-corrected chi connectivity index (χ1v) is 8.15. The van der Waals surface area contributed by atoms with Gasteiger partial charge in [-0.3, -0.25) is 4.90 Å². The Kier molecular flexibility index (Phi) is 3.35. The van der Waals surface area contributed by atoms with Crippen LogP contribution in [-0.2, 0) is 4.74 Å². The highest BCUT2D eigenvalue weighted by Gasteiger charge is 2.59. The summed E-state index contributed by atoms with van der Waals surface area (Å²) in [5.41, 5.74) is 1.27. The van der Waals surface area contributed by atoms with Crippen LogP contribution in [0.15, 0.2) is 30.3 Å². The number of benzene rings is 1. The van der Waals surface area contributed by atoms with Gasteiger partial charge >= 0.3 is 6.09 Å². The summed E-state index contributed by atoms with van der Waals surface area (Å²) in [5.74, 6) is 0.455. The molecule has 5 nitrogen and oxygen atoms in total. The smallest absolute Gasteiger partial charge is 0.410 e. The van der Waals surface area contributed by atoms with E-state index < -0.39 is 6.10 Å². The van der Waals surface area contributed by atoms with Crippen molar-refractivity contribution in [3.63, 3.8) is 0 Å². The minimum absolute atomic E-state index is 0.0535. The largest absolute Gasteiger partial charge is 0.450 e. The molecule has 3 bridgehead atoms. The standard InChI is InChI=1S/C17H22N2O3/c1-2-22-17(21)19-12-8-11-9-13(19)16(20)15(12)18-14(11)10-6-4-3-5-7-10/h3-7,11-16,18,20H,2,8-9H2,1H3/t11?,12?,13?,14?,15?,16-/m0/s1. The molecule has 0 aromatic heterocycles. The van der Waals surface area contributed by atoms with E-state index in [2.05, 4.69) is 29.6 Å². The predicted molar refractivity (Wildman–Crippen MR) is 81.3 cm³/mol. The highest BCUT2D eigenvalue weighted by molar-refractivity contribution is 5.70. The van der Waals surface area contributed by atoms with Crippen molar-refractivity contribution in [2.24, 2.45) is 5.92 Å². The van der Waals surface area contributed by atoms with Crippen LogP contribution < -0.4 is 5.32 Å². The number of carbonyl (C=O) groups is 1. The van der Waals surface area contributed by atoms with E-state index in [4.69, 9.17) is 4.74 Å². The Morgan fingerprint density at radius 1 is 1.32 bits per heavy atom. The van der Waals surface area contributed by atoms with Crippen LogP contribution in [0.1, 0.15) is 31.4 Å². The third-order valence-corrected chi connectivity index (χ3v) is 5.46. The number of amides is 1. The number of nitrogens with zero attached hydrogens (tertiary/aromatic N) is 1. The third-order valence-electron chi connectivity index (χ3n) is 5.46. The molecule has 3 fully saturated rings. The first-order chi connectivity index (χ1) is 10.7. The lowest BCUT2D eigenvalue weighted by Crippen LogP contribution is -2.57. The fraction of sp³-hybridized carbons (Fsp3) is 0.588. The topological polar surface area (TPSA) is 61.8 Å². The van der Waals surface area contributed by atoms with E-state index in [1.807, 2.05) is 13.0 Å². The number of ether oxygens (including phenoxy) is 1. The van der Waals surface area contributed by atoms with Crippen molar-refractivity contribution in [1.29, 1.82) is 0 Å². The maximum absolute atomic E-state index is 12.2. The Hall–Kier alpha value is -1.59. The van der Waals surface area contributed by atoms with Crippen LogP contribution in [-0.4, -0.2) is 46.9 Å². The van der Waals surface area contributed by atoms with E-state index in [-0.39, 0.29) is 30.3 Å². The highest BCUT2D eigenvalue weighted by atomic mass is 16.6. The van der Waals surface area contributed by atoms with Crippen LogP contribution in [0.4, 0.5) is 4.79 Å². The molecule has 0 saturated carbocycles. The first-order valence-electron chi connectivity index (χ1n) is 8.15. The SMILES string of the molecule is CCOC(=O)N1C2CC3CC1[C@H](O)C2NC3c1ccccc1. The molecule has 6 atom stereocenters. The fourth-order valence-electron chi connectivity index (χ4n) is 4.60. The number of piperidine rings is 2. The average molecular weight is 302 g/mol. The van der Waals surface area contributed by atoms with Crippen LogP contribution >= 0.6 is 0 Å². The molecule has 1 aromatic rings. The number of carbonyl (C=O) groups excluding carboxylic acids is 1. The van der Waals surface area contributed by atoms with Crippen molar-refractivity contribution in [1.82, 2.24) is 10.2 Å². The lowest BCUT2D eigenvalue weighted by molar-refractivity contribution is 0.0310. The van der Waals surface area contributed by atoms with E-state index in [0.717, 1.165) is 12.8 Å².